The Hall–Kier alpha value is -1.33. The number of hydrogen-bond acceptors (Lipinski definition) is 3. The van der Waals surface area contributed by atoms with Crippen molar-refractivity contribution >= 4 is 11.6 Å². The molecule has 0 fully saturated rings. The first-order valence-corrected chi connectivity index (χ1v) is 7.87. The predicted octanol–water partition coefficient (Wildman–Crippen LogP) is 3.43. The quantitative estimate of drug-likeness (QED) is 0.849. The molecule has 0 saturated carbocycles. The molecule has 0 aliphatic heterocycles. The number of imidazole rings is 1. The topological polar surface area (TPSA) is 38.9 Å². The molecule has 0 radical (unpaired) electrons. The highest BCUT2D eigenvalue weighted by molar-refractivity contribution is 6.33. The molecule has 5 nitrogen and oxygen atoms in total. The lowest BCUT2D eigenvalue weighted by molar-refractivity contribution is 0.332. The Bertz CT molecular complexity index is 558. The maximum atomic E-state index is 6.51. The second kappa shape index (κ2) is 8.20. The third-order valence-electron chi connectivity index (χ3n) is 3.29. The summed E-state index contributed by atoms with van der Waals surface area (Å²) in [5, 5.41) is 5.30. The Labute approximate surface area is 132 Å². The minimum absolute atomic E-state index is 0.705. The maximum absolute atomic E-state index is 6.51. The highest BCUT2D eigenvalue weighted by Gasteiger charge is 2.20. The Morgan fingerprint density at radius 3 is 2.43 bits per heavy atom. The van der Waals surface area contributed by atoms with E-state index < -0.39 is 0 Å². The first-order chi connectivity index (χ1) is 10.1. The summed E-state index contributed by atoms with van der Waals surface area (Å²) in [6.07, 6.45) is 3.66. The Balaban J connectivity index is 0.00000106. The predicted molar refractivity (Wildman–Crippen MR) is 88.5 cm³/mol. The highest BCUT2D eigenvalue weighted by atomic mass is 35.5. The summed E-state index contributed by atoms with van der Waals surface area (Å²) in [4.78, 5) is 6.53. The van der Waals surface area contributed by atoms with E-state index in [0.29, 0.717) is 5.02 Å². The summed E-state index contributed by atoms with van der Waals surface area (Å²) in [6.45, 7) is 10.8. The molecule has 118 valence electrons. The van der Waals surface area contributed by atoms with Gasteiger partial charge in [-0.15, -0.1) is 0 Å². The van der Waals surface area contributed by atoms with E-state index in [1.165, 1.54) is 0 Å². The third kappa shape index (κ3) is 3.86. The van der Waals surface area contributed by atoms with Gasteiger partial charge in [0.05, 0.1) is 10.7 Å². The van der Waals surface area contributed by atoms with Crippen molar-refractivity contribution in [1.29, 1.82) is 0 Å². The van der Waals surface area contributed by atoms with Crippen LogP contribution in [0, 0.1) is 0 Å². The standard InChI is InChI=1S/C13H20ClN5.C2H6/c1-5-17(3)9-10-11(14)12(16-19(10)6-2)13-15-7-8-18(13)4;1-2/h7-8H,5-6,9H2,1-4H3;1-2H3. The zero-order valence-electron chi connectivity index (χ0n) is 13.9. The fourth-order valence-electron chi connectivity index (χ4n) is 1.99. The fraction of sp³-hybridized carbons (Fsp3) is 0.600. The molecule has 2 rings (SSSR count). The first-order valence-electron chi connectivity index (χ1n) is 7.49. The number of hydrogen-bond donors (Lipinski definition) is 0. The molecule has 0 saturated heterocycles. The molecule has 0 atom stereocenters. The zero-order chi connectivity index (χ0) is 16.0. The van der Waals surface area contributed by atoms with E-state index >= 15 is 0 Å². The van der Waals surface area contributed by atoms with Gasteiger partial charge in [0, 0.05) is 32.5 Å². The number of nitrogens with zero attached hydrogens (tertiary/aromatic N) is 5. The molecule has 2 aromatic heterocycles. The van der Waals surface area contributed by atoms with Crippen LogP contribution in [0.15, 0.2) is 12.4 Å². The van der Waals surface area contributed by atoms with Crippen molar-refractivity contribution in [1.82, 2.24) is 24.2 Å². The summed E-state index contributed by atoms with van der Waals surface area (Å²) in [5.41, 5.74) is 1.81. The minimum atomic E-state index is 0.705. The molecule has 2 aromatic rings. The summed E-state index contributed by atoms with van der Waals surface area (Å²) in [6, 6.07) is 0. The van der Waals surface area contributed by atoms with E-state index in [0.717, 1.165) is 36.8 Å². The monoisotopic (exact) mass is 311 g/mol. The van der Waals surface area contributed by atoms with Crippen molar-refractivity contribution in [3.63, 3.8) is 0 Å². The molecular weight excluding hydrogens is 286 g/mol. The maximum Gasteiger partial charge on any atom is 0.161 e. The smallest absolute Gasteiger partial charge is 0.161 e. The van der Waals surface area contributed by atoms with E-state index in [1.807, 2.05) is 36.3 Å². The third-order valence-corrected chi connectivity index (χ3v) is 3.68. The molecule has 21 heavy (non-hydrogen) atoms. The summed E-state index contributed by atoms with van der Waals surface area (Å²) < 4.78 is 3.89. The summed E-state index contributed by atoms with van der Waals surface area (Å²) in [5.74, 6) is 0.803. The van der Waals surface area contributed by atoms with Crippen molar-refractivity contribution in [2.75, 3.05) is 13.6 Å². The lowest BCUT2D eigenvalue weighted by Crippen LogP contribution is -2.19. The van der Waals surface area contributed by atoms with Crippen LogP contribution >= 0.6 is 11.6 Å². The number of aromatic nitrogens is 4. The van der Waals surface area contributed by atoms with E-state index in [-0.39, 0.29) is 0 Å². The highest BCUT2D eigenvalue weighted by Crippen LogP contribution is 2.29. The van der Waals surface area contributed by atoms with Crippen molar-refractivity contribution in [2.45, 2.75) is 40.8 Å². The zero-order valence-corrected chi connectivity index (χ0v) is 14.6. The Morgan fingerprint density at radius 1 is 1.29 bits per heavy atom. The lowest BCUT2D eigenvalue weighted by atomic mass is 10.3. The van der Waals surface area contributed by atoms with Crippen LogP contribution in [0.2, 0.25) is 5.02 Å². The normalized spacial score (nSPS) is 10.7. The van der Waals surface area contributed by atoms with Crippen LogP contribution in [-0.4, -0.2) is 37.8 Å². The van der Waals surface area contributed by atoms with Gasteiger partial charge in [-0.2, -0.15) is 5.10 Å². The Kier molecular flexibility index (Phi) is 6.92. The number of aryl methyl sites for hydroxylation is 2. The van der Waals surface area contributed by atoms with Crippen molar-refractivity contribution in [3.8, 4) is 11.5 Å². The van der Waals surface area contributed by atoms with Crippen LogP contribution in [0.4, 0.5) is 0 Å². The molecule has 0 unspecified atom stereocenters. The molecule has 2 heterocycles. The van der Waals surface area contributed by atoms with E-state index in [2.05, 4.69) is 35.9 Å². The molecule has 0 aliphatic rings. The molecular formula is C15H26ClN5. The van der Waals surface area contributed by atoms with Crippen molar-refractivity contribution in [3.05, 3.63) is 23.1 Å². The van der Waals surface area contributed by atoms with Gasteiger partial charge in [0.1, 0.15) is 5.69 Å². The minimum Gasteiger partial charge on any atom is -0.333 e. The van der Waals surface area contributed by atoms with Gasteiger partial charge in [-0.05, 0) is 20.5 Å². The number of halogens is 1. The van der Waals surface area contributed by atoms with Crippen molar-refractivity contribution in [2.24, 2.45) is 7.05 Å². The van der Waals surface area contributed by atoms with Crippen LogP contribution in [0.25, 0.3) is 11.5 Å². The molecule has 6 heteroatoms. The van der Waals surface area contributed by atoms with E-state index in [1.54, 1.807) is 6.20 Å². The first kappa shape index (κ1) is 17.7. The van der Waals surface area contributed by atoms with Crippen LogP contribution in [0.3, 0.4) is 0 Å². The molecule has 0 bridgehead atoms. The van der Waals surface area contributed by atoms with Gasteiger partial charge in [-0.1, -0.05) is 32.4 Å². The largest absolute Gasteiger partial charge is 0.333 e. The molecule has 0 spiro atoms. The van der Waals surface area contributed by atoms with Crippen molar-refractivity contribution < 1.29 is 0 Å². The van der Waals surface area contributed by atoms with Gasteiger partial charge >= 0.3 is 0 Å². The van der Waals surface area contributed by atoms with Crippen LogP contribution in [0.5, 0.6) is 0 Å². The summed E-state index contributed by atoms with van der Waals surface area (Å²) >= 11 is 6.51. The average molecular weight is 312 g/mol. The van der Waals surface area contributed by atoms with Gasteiger partial charge in [-0.3, -0.25) is 4.68 Å². The van der Waals surface area contributed by atoms with E-state index in [9.17, 15) is 0 Å². The Morgan fingerprint density at radius 2 is 1.95 bits per heavy atom. The second-order valence-corrected chi connectivity index (χ2v) is 5.00. The fourth-order valence-corrected chi connectivity index (χ4v) is 2.27. The van der Waals surface area contributed by atoms with Gasteiger partial charge in [-0.25, -0.2) is 4.98 Å². The van der Waals surface area contributed by atoms with Crippen LogP contribution in [-0.2, 0) is 20.1 Å². The molecule has 0 aliphatic carbocycles. The SMILES string of the molecule is CC.CCN(C)Cc1c(Cl)c(-c2nccn2C)nn1CC. The van der Waals surface area contributed by atoms with Gasteiger partial charge in [0.15, 0.2) is 5.82 Å². The number of rotatable bonds is 5. The van der Waals surface area contributed by atoms with Crippen LogP contribution in [0.1, 0.15) is 33.4 Å². The van der Waals surface area contributed by atoms with Gasteiger partial charge in [0.2, 0.25) is 0 Å². The molecule has 0 aromatic carbocycles. The second-order valence-electron chi connectivity index (χ2n) is 4.62. The lowest BCUT2D eigenvalue weighted by Gasteiger charge is -2.14. The van der Waals surface area contributed by atoms with Gasteiger partial charge in [0.25, 0.3) is 0 Å². The molecule has 0 N–H and O–H groups in total. The van der Waals surface area contributed by atoms with E-state index in [4.69, 9.17) is 11.6 Å². The molecule has 0 amide bonds. The van der Waals surface area contributed by atoms with Gasteiger partial charge < -0.3 is 9.47 Å². The summed E-state index contributed by atoms with van der Waals surface area (Å²) in [7, 11) is 4.02. The van der Waals surface area contributed by atoms with Crippen LogP contribution < -0.4 is 0 Å². The average Bonchev–Trinajstić information content (AvgIpc) is 3.05.